The van der Waals surface area contributed by atoms with Gasteiger partial charge in [-0.25, -0.2) is 19.2 Å². The van der Waals surface area contributed by atoms with Crippen LogP contribution in [0.3, 0.4) is 0 Å². The minimum Gasteiger partial charge on any atom is -0.393 e. The Kier molecular flexibility index (Phi) is 3.95. The van der Waals surface area contributed by atoms with Crippen molar-refractivity contribution in [2.24, 2.45) is 5.41 Å². The molecule has 2 amide bonds. The normalized spacial score (nSPS) is 17.8. The van der Waals surface area contributed by atoms with Crippen LogP contribution in [0.2, 0.25) is 0 Å². The van der Waals surface area contributed by atoms with Crippen molar-refractivity contribution < 1.29 is 14.3 Å². The fraction of sp³-hybridized carbons (Fsp3) is 0.350. The number of hydrogen-bond donors (Lipinski definition) is 4. The molecule has 1 saturated carbocycles. The molecule has 1 spiro atoms. The van der Waals surface area contributed by atoms with E-state index >= 15 is 0 Å². The molecule has 0 radical (unpaired) electrons. The van der Waals surface area contributed by atoms with Crippen LogP contribution in [-0.2, 0) is 0 Å². The average Bonchev–Trinajstić information content (AvgIpc) is 2.99. The summed E-state index contributed by atoms with van der Waals surface area (Å²) in [6.45, 7) is 3.78. The SMILES string of the molecule is Cc1cc(NC(=O)Nc2c[nH]c3ncc(F)cc23)cnc1N1CC2(CC(O)C2)C1. The first-order chi connectivity index (χ1) is 13.9. The predicted molar refractivity (Wildman–Crippen MR) is 108 cm³/mol. The number of hydrogen-bond acceptors (Lipinski definition) is 5. The number of nitrogens with one attached hydrogen (secondary N) is 3. The van der Waals surface area contributed by atoms with Gasteiger partial charge in [-0.05, 0) is 37.5 Å². The Hall–Kier alpha value is -3.20. The fourth-order valence-electron chi connectivity index (χ4n) is 4.44. The molecule has 29 heavy (non-hydrogen) atoms. The van der Waals surface area contributed by atoms with Crippen LogP contribution in [-0.4, -0.2) is 45.3 Å². The maximum absolute atomic E-state index is 13.4. The number of aliphatic hydroxyl groups is 1. The molecule has 3 aromatic rings. The molecule has 2 fully saturated rings. The van der Waals surface area contributed by atoms with Crippen molar-refractivity contribution in [3.05, 3.63) is 42.1 Å². The topological polar surface area (TPSA) is 106 Å². The Labute approximate surface area is 166 Å². The van der Waals surface area contributed by atoms with Crippen LogP contribution in [0.15, 0.2) is 30.7 Å². The highest BCUT2D eigenvalue weighted by Crippen LogP contribution is 2.49. The highest BCUT2D eigenvalue weighted by atomic mass is 19.1. The first-order valence-electron chi connectivity index (χ1n) is 9.51. The first-order valence-corrected chi connectivity index (χ1v) is 9.51. The lowest BCUT2D eigenvalue weighted by molar-refractivity contribution is -0.0494. The van der Waals surface area contributed by atoms with Crippen LogP contribution in [0.25, 0.3) is 11.0 Å². The number of aliphatic hydroxyl groups excluding tert-OH is 1. The van der Waals surface area contributed by atoms with Gasteiger partial charge < -0.3 is 25.6 Å². The summed E-state index contributed by atoms with van der Waals surface area (Å²) in [6.07, 6.45) is 5.90. The zero-order valence-corrected chi connectivity index (χ0v) is 15.9. The van der Waals surface area contributed by atoms with Gasteiger partial charge in [0.25, 0.3) is 0 Å². The quantitative estimate of drug-likeness (QED) is 0.545. The molecule has 150 valence electrons. The standard InChI is InChI=1S/C20H21FN6O2/c1-11-2-13(7-24-18(11)27-9-20(10-27)4-14(28)5-20)25-19(29)26-16-8-23-17-15(16)3-12(21)6-22-17/h2-3,6-8,14,28H,4-5,9-10H2,1H3,(H,22,23)(H2,25,26,29). The van der Waals surface area contributed by atoms with E-state index in [9.17, 15) is 14.3 Å². The summed E-state index contributed by atoms with van der Waals surface area (Å²) in [4.78, 5) is 25.9. The van der Waals surface area contributed by atoms with E-state index in [1.807, 2.05) is 13.0 Å². The van der Waals surface area contributed by atoms with Crippen LogP contribution in [0.1, 0.15) is 18.4 Å². The van der Waals surface area contributed by atoms with E-state index in [0.29, 0.717) is 22.4 Å². The number of rotatable bonds is 3. The number of aryl methyl sites for hydroxylation is 1. The molecule has 1 aliphatic heterocycles. The van der Waals surface area contributed by atoms with Crippen LogP contribution in [0.4, 0.5) is 26.4 Å². The predicted octanol–water partition coefficient (Wildman–Crippen LogP) is 3.01. The summed E-state index contributed by atoms with van der Waals surface area (Å²) in [5.74, 6) is 0.432. The number of carbonyl (C=O) groups is 1. The maximum atomic E-state index is 13.4. The van der Waals surface area contributed by atoms with E-state index in [-0.39, 0.29) is 11.5 Å². The van der Waals surface area contributed by atoms with Gasteiger partial charge >= 0.3 is 6.03 Å². The molecule has 8 nitrogen and oxygen atoms in total. The Bertz CT molecular complexity index is 1100. The maximum Gasteiger partial charge on any atom is 0.323 e. The van der Waals surface area contributed by atoms with Gasteiger partial charge in [0.1, 0.15) is 17.3 Å². The second kappa shape index (κ2) is 6.41. The molecule has 4 N–H and O–H groups in total. The van der Waals surface area contributed by atoms with Gasteiger partial charge in [-0.1, -0.05) is 0 Å². The van der Waals surface area contributed by atoms with E-state index in [2.05, 4.69) is 30.5 Å². The Balaban J connectivity index is 1.24. The van der Waals surface area contributed by atoms with Gasteiger partial charge in [-0.15, -0.1) is 0 Å². The average molecular weight is 396 g/mol. The van der Waals surface area contributed by atoms with Crippen molar-refractivity contribution in [2.75, 3.05) is 28.6 Å². The molecule has 0 bridgehead atoms. The molecule has 9 heteroatoms. The highest BCUT2D eigenvalue weighted by Gasteiger charge is 2.52. The second-order valence-electron chi connectivity index (χ2n) is 8.11. The molecule has 0 atom stereocenters. The summed E-state index contributed by atoms with van der Waals surface area (Å²) in [5.41, 5.74) is 2.74. The van der Waals surface area contributed by atoms with Crippen LogP contribution in [0.5, 0.6) is 0 Å². The van der Waals surface area contributed by atoms with Crippen molar-refractivity contribution in [2.45, 2.75) is 25.9 Å². The number of nitrogens with zero attached hydrogens (tertiary/aromatic N) is 3. The summed E-state index contributed by atoms with van der Waals surface area (Å²) in [7, 11) is 0. The minimum absolute atomic E-state index is 0.152. The van der Waals surface area contributed by atoms with Crippen LogP contribution < -0.4 is 15.5 Å². The lowest BCUT2D eigenvalue weighted by Crippen LogP contribution is -2.64. The van der Waals surface area contributed by atoms with Crippen molar-refractivity contribution in [1.82, 2.24) is 15.0 Å². The molecule has 4 heterocycles. The Morgan fingerprint density at radius 3 is 2.79 bits per heavy atom. The number of carbonyl (C=O) groups excluding carboxylic acids is 1. The van der Waals surface area contributed by atoms with Gasteiger partial charge in [-0.3, -0.25) is 0 Å². The van der Waals surface area contributed by atoms with Crippen LogP contribution in [0, 0.1) is 18.2 Å². The summed E-state index contributed by atoms with van der Waals surface area (Å²) < 4.78 is 13.4. The van der Waals surface area contributed by atoms with Crippen molar-refractivity contribution in [3.63, 3.8) is 0 Å². The van der Waals surface area contributed by atoms with E-state index in [1.165, 1.54) is 6.07 Å². The second-order valence-corrected chi connectivity index (χ2v) is 8.11. The number of urea groups is 1. The third-order valence-corrected chi connectivity index (χ3v) is 5.74. The number of anilines is 3. The van der Waals surface area contributed by atoms with Crippen molar-refractivity contribution in [1.29, 1.82) is 0 Å². The number of aromatic amines is 1. The zero-order chi connectivity index (χ0) is 20.2. The Morgan fingerprint density at radius 2 is 2.07 bits per heavy atom. The largest absolute Gasteiger partial charge is 0.393 e. The highest BCUT2D eigenvalue weighted by molar-refractivity contribution is 6.05. The number of H-pyrrole nitrogens is 1. The smallest absolute Gasteiger partial charge is 0.323 e. The number of fused-ring (bicyclic) bond motifs is 1. The van der Waals surface area contributed by atoms with E-state index in [1.54, 1.807) is 12.4 Å². The summed E-state index contributed by atoms with van der Waals surface area (Å²) in [6, 6.07) is 2.74. The molecule has 1 aliphatic carbocycles. The molecule has 0 unspecified atom stereocenters. The third-order valence-electron chi connectivity index (χ3n) is 5.74. The number of amides is 2. The van der Waals surface area contributed by atoms with Gasteiger partial charge in [0, 0.05) is 30.1 Å². The number of pyridine rings is 2. The van der Waals surface area contributed by atoms with Crippen molar-refractivity contribution in [3.8, 4) is 0 Å². The van der Waals surface area contributed by atoms with E-state index in [4.69, 9.17) is 0 Å². The third kappa shape index (κ3) is 3.17. The first kappa shape index (κ1) is 17.9. The van der Waals surface area contributed by atoms with E-state index < -0.39 is 11.8 Å². The Morgan fingerprint density at radius 1 is 1.28 bits per heavy atom. The summed E-state index contributed by atoms with van der Waals surface area (Å²) >= 11 is 0. The minimum atomic E-state index is -0.472. The summed E-state index contributed by atoms with van der Waals surface area (Å²) in [5, 5.41) is 15.5. The number of halogens is 1. The fourth-order valence-corrected chi connectivity index (χ4v) is 4.44. The lowest BCUT2D eigenvalue weighted by atomic mass is 9.62. The van der Waals surface area contributed by atoms with E-state index in [0.717, 1.165) is 43.5 Å². The van der Waals surface area contributed by atoms with Crippen molar-refractivity contribution >= 4 is 34.3 Å². The molecule has 2 aliphatic rings. The monoisotopic (exact) mass is 396 g/mol. The molecule has 5 rings (SSSR count). The van der Waals surface area contributed by atoms with Gasteiger partial charge in [0.05, 0.1) is 29.9 Å². The van der Waals surface area contributed by atoms with Gasteiger partial charge in [0.15, 0.2) is 0 Å². The molecule has 1 saturated heterocycles. The molecular formula is C20H21FN6O2. The van der Waals surface area contributed by atoms with Crippen LogP contribution >= 0.6 is 0 Å². The number of aromatic nitrogens is 3. The molecular weight excluding hydrogens is 375 g/mol. The molecule has 3 aromatic heterocycles. The molecule has 0 aromatic carbocycles. The van der Waals surface area contributed by atoms with Gasteiger partial charge in [0.2, 0.25) is 0 Å². The zero-order valence-electron chi connectivity index (χ0n) is 15.9. The lowest BCUT2D eigenvalue weighted by Gasteiger charge is -2.58. The van der Waals surface area contributed by atoms with Gasteiger partial charge in [-0.2, -0.15) is 0 Å².